The number of fused-ring (bicyclic) bond motifs is 4. The molecule has 1 N–H and O–H groups in total. The summed E-state index contributed by atoms with van der Waals surface area (Å²) in [4.78, 5) is 87.8. The molecule has 0 aromatic carbocycles. The summed E-state index contributed by atoms with van der Waals surface area (Å²) < 4.78 is 42.9. The van der Waals surface area contributed by atoms with Crippen molar-refractivity contribution in [1.29, 1.82) is 0 Å². The molecule has 0 spiro atoms. The van der Waals surface area contributed by atoms with Gasteiger partial charge < -0.3 is 82.5 Å². The summed E-state index contributed by atoms with van der Waals surface area (Å²) in [5, 5.41) is 28.4. The first-order valence-corrected chi connectivity index (χ1v) is 25.3. The van der Waals surface area contributed by atoms with Crippen molar-refractivity contribution in [2.45, 2.75) is 85.5 Å². The average molecular weight is 1140 g/mol. The van der Waals surface area contributed by atoms with Gasteiger partial charge in [-0.1, -0.05) is 46.6 Å². The fourth-order valence-corrected chi connectivity index (χ4v) is 10.1. The minimum atomic E-state index is -1.24. The maximum atomic E-state index is 12.2. The fourth-order valence-electron chi connectivity index (χ4n) is 10.1. The summed E-state index contributed by atoms with van der Waals surface area (Å²) in [7, 11) is 17.1. The molecule has 8 aliphatic rings. The van der Waals surface area contributed by atoms with Crippen LogP contribution in [0.15, 0.2) is 93.9 Å². The van der Waals surface area contributed by atoms with E-state index >= 15 is 0 Å². The van der Waals surface area contributed by atoms with Crippen LogP contribution in [-0.2, 0) is 52.3 Å². The maximum Gasteiger partial charge on any atom is 1.00 e. The number of nitrogens with zero attached hydrogens (tertiary/aromatic N) is 5. The predicted molar refractivity (Wildman–Crippen MR) is 277 cm³/mol. The van der Waals surface area contributed by atoms with Crippen molar-refractivity contribution in [3.05, 3.63) is 93.9 Å². The van der Waals surface area contributed by atoms with Crippen molar-refractivity contribution in [1.82, 2.24) is 24.5 Å². The van der Waals surface area contributed by atoms with E-state index in [1.54, 1.807) is 76.7 Å². The van der Waals surface area contributed by atoms with E-state index in [4.69, 9.17) is 48.1 Å². The molecule has 4 aliphatic heterocycles. The van der Waals surface area contributed by atoms with Crippen molar-refractivity contribution in [3.63, 3.8) is 0 Å². The molecule has 432 valence electrons. The number of carboxylic acids is 2. The average Bonchev–Trinajstić information content (AvgIpc) is 4.19. The molecule has 0 aromatic rings. The minimum Gasteiger partial charge on any atom is -0.857 e. The Hall–Kier alpha value is -5.43. The summed E-state index contributed by atoms with van der Waals surface area (Å²) in [5.41, 5.74) is 6.51. The number of rotatable bonds is 7. The van der Waals surface area contributed by atoms with Crippen molar-refractivity contribution in [2.75, 3.05) is 77.6 Å². The third kappa shape index (κ3) is 17.3. The first-order valence-electron chi connectivity index (χ1n) is 25.3. The van der Waals surface area contributed by atoms with Crippen LogP contribution in [0.5, 0.6) is 0 Å². The van der Waals surface area contributed by atoms with Gasteiger partial charge in [0.1, 0.15) is 0 Å². The predicted octanol–water partition coefficient (Wildman–Crippen LogP) is -1.04. The maximum absolute atomic E-state index is 12.2. The number of carbonyl (C=O) groups excluding carboxylic acids is 6. The first kappa shape index (κ1) is 70.7. The third-order valence-corrected chi connectivity index (χ3v) is 14.4. The van der Waals surface area contributed by atoms with Crippen LogP contribution < -0.4 is 69.3 Å². The Kier molecular flexibility index (Phi) is 28.0. The second-order valence-corrected chi connectivity index (χ2v) is 20.8. The van der Waals surface area contributed by atoms with Crippen LogP contribution in [0.1, 0.15) is 60.3 Å². The van der Waals surface area contributed by atoms with Gasteiger partial charge in [-0.15, -0.1) is 0 Å². The van der Waals surface area contributed by atoms with Crippen LogP contribution in [0.3, 0.4) is 0 Å². The zero-order valence-corrected chi connectivity index (χ0v) is 53.5. The SMILES string of the molecule is CC1=CCC2C(C(=O)N(C)C)=COC(OC(=O)N(C)C)C12.CC1=CCC2C(C(=O)O)=COC(OC(=O)N(C)C)C12.CC1=CCC2C(C(=O)[O-])=COC(OC(=O)N(C)C)C12.CC1=COC(OC(=O)N(C)C)C2C(C)=CCC12.C[O-].[Na+].[Na+]. The number of ether oxygens (including phenoxy) is 8. The fraction of sp³-hybridized carbons (Fsp3) is 0.582. The molecule has 12 atom stereocenters. The second-order valence-electron chi connectivity index (χ2n) is 20.8. The zero-order valence-electron chi connectivity index (χ0n) is 49.5. The van der Waals surface area contributed by atoms with Gasteiger partial charge in [-0.05, 0) is 71.8 Å². The number of allylic oxidation sites excluding steroid dienone is 5. The van der Waals surface area contributed by atoms with Crippen LogP contribution in [-0.4, -0.2) is 175 Å². The van der Waals surface area contributed by atoms with E-state index in [0.29, 0.717) is 24.3 Å². The molecule has 0 aromatic heterocycles. The van der Waals surface area contributed by atoms with Crippen molar-refractivity contribution < 1.29 is 146 Å². The standard InChI is InChI=1S/C15H22N2O4.2C13H17NO5.C13H19NO3.CH3O.2Na/c1-9-6-7-10-11(13(18)16(2)3)8-20-14(12(9)10)21-15(19)17(4)5;2*1-7-4-5-8-9(11(15)16)6-18-12(10(7)8)19-13(17)14(2)3;1-8-5-6-10-9(2)7-16-12(11(8)10)17-13(15)14(3)4;1-2;;/h6,8,10,12,14H,7H2,1-5H3;2*4,6,8,10,12H,5H2,1-3H3,(H,15,16);5,7,10-12H,6H2,1-4H3;1H3;;/q;;;;-1;2*+1/p-1. The van der Waals surface area contributed by atoms with Crippen molar-refractivity contribution in [2.24, 2.45) is 47.3 Å². The number of hydrogen-bond acceptors (Lipinski definition) is 17. The van der Waals surface area contributed by atoms with Crippen LogP contribution in [0.25, 0.3) is 0 Å². The zero-order chi connectivity index (χ0) is 58.6. The van der Waals surface area contributed by atoms with E-state index in [1.807, 2.05) is 32.9 Å². The number of carbonyl (C=O) groups is 7. The van der Waals surface area contributed by atoms with Crippen LogP contribution >= 0.6 is 0 Å². The molecule has 0 bridgehead atoms. The summed E-state index contributed by atoms with van der Waals surface area (Å²) in [6.07, 6.45) is 12.2. The molecule has 5 amide bonds. The molecule has 8 rings (SSSR count). The molecule has 0 fully saturated rings. The Balaban J connectivity index is 0.000000358. The van der Waals surface area contributed by atoms with E-state index in [-0.39, 0.29) is 124 Å². The van der Waals surface area contributed by atoms with E-state index in [2.05, 4.69) is 26.0 Å². The van der Waals surface area contributed by atoms with Gasteiger partial charge in [0.05, 0.1) is 65.8 Å². The number of amides is 5. The summed E-state index contributed by atoms with van der Waals surface area (Å²) in [6, 6.07) is 0. The topological polar surface area (TPSA) is 276 Å². The Morgan fingerprint density at radius 3 is 0.988 bits per heavy atom. The number of hydrogen-bond donors (Lipinski definition) is 1. The molecule has 23 nitrogen and oxygen atoms in total. The smallest absolute Gasteiger partial charge is 0.857 e. The van der Waals surface area contributed by atoms with Crippen LogP contribution in [0.2, 0.25) is 0 Å². The summed E-state index contributed by atoms with van der Waals surface area (Å²) >= 11 is 0. The quantitative estimate of drug-likeness (QED) is 0.181. The van der Waals surface area contributed by atoms with Crippen molar-refractivity contribution >= 4 is 42.2 Å². The second kappa shape index (κ2) is 31.7. The molecule has 80 heavy (non-hydrogen) atoms. The van der Waals surface area contributed by atoms with Crippen LogP contribution in [0.4, 0.5) is 19.2 Å². The molecular weight excluding hydrogens is 1060 g/mol. The number of carboxylic acid groups (broad SMARTS) is 2. The normalized spacial score (nSPS) is 27.4. The minimum absolute atomic E-state index is 0. The van der Waals surface area contributed by atoms with E-state index in [9.17, 15) is 38.7 Å². The van der Waals surface area contributed by atoms with Gasteiger partial charge in [0.2, 0.25) is 0 Å². The Morgan fingerprint density at radius 1 is 0.425 bits per heavy atom. The van der Waals surface area contributed by atoms with E-state index < -0.39 is 55.4 Å². The van der Waals surface area contributed by atoms with Gasteiger partial charge >= 0.3 is 89.5 Å². The van der Waals surface area contributed by atoms with Gasteiger partial charge in [-0.3, -0.25) is 4.79 Å². The van der Waals surface area contributed by atoms with Crippen molar-refractivity contribution in [3.8, 4) is 0 Å². The molecule has 0 radical (unpaired) electrons. The van der Waals surface area contributed by atoms with E-state index in [0.717, 1.165) is 42.9 Å². The first-order chi connectivity index (χ1) is 36.7. The largest absolute Gasteiger partial charge is 1.00 e. The van der Waals surface area contributed by atoms with Gasteiger partial charge in [0, 0.05) is 93.8 Å². The molecular formula is C55H77N5Na2O18. The summed E-state index contributed by atoms with van der Waals surface area (Å²) in [6.45, 7) is 9.89. The molecule has 12 unspecified atom stereocenters. The molecule has 0 saturated carbocycles. The van der Waals surface area contributed by atoms with Gasteiger partial charge in [-0.25, -0.2) is 24.0 Å². The molecule has 4 heterocycles. The Bertz CT molecular complexity index is 2430. The van der Waals surface area contributed by atoms with E-state index in [1.165, 1.54) is 48.2 Å². The Morgan fingerprint density at radius 2 is 0.688 bits per heavy atom. The number of aliphatic carboxylic acids is 2. The molecule has 4 aliphatic carbocycles. The third-order valence-electron chi connectivity index (χ3n) is 14.4. The van der Waals surface area contributed by atoms with Gasteiger partial charge in [-0.2, -0.15) is 7.11 Å². The molecule has 25 heteroatoms. The number of likely N-dealkylation sites (N-methyl/N-ethyl adjacent to an activating group) is 1. The van der Waals surface area contributed by atoms with Gasteiger partial charge in [0.25, 0.3) is 31.1 Å². The Labute approximate surface area is 513 Å². The van der Waals surface area contributed by atoms with Gasteiger partial charge in [0.15, 0.2) is 0 Å². The molecule has 0 saturated heterocycles. The van der Waals surface area contributed by atoms with Crippen LogP contribution in [0, 0.1) is 47.3 Å². The monoisotopic (exact) mass is 1140 g/mol. The summed E-state index contributed by atoms with van der Waals surface area (Å²) in [5.74, 6) is -2.72.